The van der Waals surface area contributed by atoms with Crippen LogP contribution in [0.3, 0.4) is 0 Å². The summed E-state index contributed by atoms with van der Waals surface area (Å²) in [5.41, 5.74) is 2.10. The number of carbonyl (C=O) groups is 1. The summed E-state index contributed by atoms with van der Waals surface area (Å²) in [5.74, 6) is 0.687. The first-order chi connectivity index (χ1) is 9.99. The van der Waals surface area contributed by atoms with Crippen molar-refractivity contribution in [1.82, 2.24) is 10.6 Å². The zero-order valence-electron chi connectivity index (χ0n) is 12.9. The van der Waals surface area contributed by atoms with Crippen LogP contribution in [0.2, 0.25) is 5.02 Å². The number of nitrogens with zero attached hydrogens (tertiary/aromatic N) is 1. The van der Waals surface area contributed by atoms with E-state index in [1.165, 1.54) is 5.56 Å². The third-order valence-corrected chi connectivity index (χ3v) is 4.00. The minimum atomic E-state index is -0.179. The molecule has 1 aromatic carbocycles. The van der Waals surface area contributed by atoms with Crippen molar-refractivity contribution in [2.45, 2.75) is 33.4 Å². The number of benzene rings is 1. The molecule has 1 heterocycles. The lowest BCUT2D eigenvalue weighted by atomic mass is 10.1. The third-order valence-electron chi connectivity index (χ3n) is 3.70. The first-order valence-corrected chi connectivity index (χ1v) is 7.90. The summed E-state index contributed by atoms with van der Waals surface area (Å²) < 4.78 is 0. The zero-order chi connectivity index (χ0) is 15.4. The summed E-state index contributed by atoms with van der Waals surface area (Å²) in [6.45, 7) is 9.53. The molecule has 0 bridgehead atoms. The van der Waals surface area contributed by atoms with Gasteiger partial charge in [0.2, 0.25) is 5.91 Å². The van der Waals surface area contributed by atoms with Gasteiger partial charge in [-0.3, -0.25) is 4.79 Å². The van der Waals surface area contributed by atoms with Gasteiger partial charge >= 0.3 is 0 Å². The predicted molar refractivity (Wildman–Crippen MR) is 87.8 cm³/mol. The summed E-state index contributed by atoms with van der Waals surface area (Å²) in [6.07, 6.45) is 0. The fourth-order valence-corrected chi connectivity index (χ4v) is 2.82. The molecule has 2 rings (SSSR count). The maximum atomic E-state index is 11.8. The minimum absolute atomic E-state index is 0.0555. The standard InChI is InChI=1S/C16H24ClN3O/c1-11(2)9-18-10-13-4-5-15(14(17)8-13)20-7-6-19-16(21)12(20)3/h4-5,8,11-12,18H,6-7,9-10H2,1-3H3,(H,19,21). The number of amides is 1. The van der Waals surface area contributed by atoms with Crippen LogP contribution in [0.1, 0.15) is 26.3 Å². The lowest BCUT2D eigenvalue weighted by Gasteiger charge is -2.35. The van der Waals surface area contributed by atoms with Crippen LogP contribution in [0.4, 0.5) is 5.69 Å². The van der Waals surface area contributed by atoms with Crippen LogP contribution in [-0.2, 0) is 11.3 Å². The van der Waals surface area contributed by atoms with E-state index in [1.807, 2.05) is 19.1 Å². The van der Waals surface area contributed by atoms with Gasteiger partial charge in [0.05, 0.1) is 10.7 Å². The molecule has 1 unspecified atom stereocenters. The molecule has 1 fully saturated rings. The number of nitrogens with one attached hydrogen (secondary N) is 2. The highest BCUT2D eigenvalue weighted by Crippen LogP contribution is 2.29. The Kier molecular flexibility index (Phi) is 5.48. The molecule has 4 nitrogen and oxygen atoms in total. The van der Waals surface area contributed by atoms with Gasteiger partial charge in [0.25, 0.3) is 0 Å². The van der Waals surface area contributed by atoms with E-state index >= 15 is 0 Å². The summed E-state index contributed by atoms with van der Waals surface area (Å²) in [5, 5.41) is 6.98. The van der Waals surface area contributed by atoms with Crippen molar-refractivity contribution in [2.75, 3.05) is 24.5 Å². The largest absolute Gasteiger partial charge is 0.357 e. The van der Waals surface area contributed by atoms with Crippen molar-refractivity contribution in [3.05, 3.63) is 28.8 Å². The Hall–Kier alpha value is -1.26. The fraction of sp³-hybridized carbons (Fsp3) is 0.562. The van der Waals surface area contributed by atoms with Crippen molar-refractivity contribution in [3.63, 3.8) is 0 Å². The van der Waals surface area contributed by atoms with E-state index < -0.39 is 0 Å². The molecular formula is C16H24ClN3O. The molecule has 1 saturated heterocycles. The van der Waals surface area contributed by atoms with Crippen LogP contribution >= 0.6 is 11.6 Å². The Morgan fingerprint density at radius 2 is 2.24 bits per heavy atom. The molecule has 21 heavy (non-hydrogen) atoms. The molecule has 1 aliphatic rings. The number of anilines is 1. The van der Waals surface area contributed by atoms with Gasteiger partial charge in [-0.15, -0.1) is 0 Å². The SMILES string of the molecule is CC(C)CNCc1ccc(N2CCNC(=O)C2C)c(Cl)c1. The maximum Gasteiger partial charge on any atom is 0.242 e. The highest BCUT2D eigenvalue weighted by molar-refractivity contribution is 6.33. The molecule has 0 aromatic heterocycles. The Morgan fingerprint density at radius 3 is 2.90 bits per heavy atom. The number of rotatable bonds is 5. The van der Waals surface area contributed by atoms with Crippen molar-refractivity contribution >= 4 is 23.2 Å². The normalized spacial score (nSPS) is 19.0. The van der Waals surface area contributed by atoms with Crippen molar-refractivity contribution < 1.29 is 4.79 Å². The van der Waals surface area contributed by atoms with E-state index in [0.717, 1.165) is 25.3 Å². The van der Waals surface area contributed by atoms with Crippen LogP contribution in [-0.4, -0.2) is 31.6 Å². The van der Waals surface area contributed by atoms with E-state index in [0.29, 0.717) is 17.5 Å². The Bertz CT molecular complexity index is 504. The number of carbonyl (C=O) groups excluding carboxylic acids is 1. The van der Waals surface area contributed by atoms with Crippen LogP contribution in [0, 0.1) is 5.92 Å². The molecule has 0 spiro atoms. The first-order valence-electron chi connectivity index (χ1n) is 7.52. The molecule has 2 N–H and O–H groups in total. The average molecular weight is 310 g/mol. The van der Waals surface area contributed by atoms with Gasteiger partial charge in [-0.25, -0.2) is 0 Å². The number of piperazine rings is 1. The van der Waals surface area contributed by atoms with Gasteiger partial charge in [-0.1, -0.05) is 31.5 Å². The first kappa shape index (κ1) is 16.1. The van der Waals surface area contributed by atoms with E-state index in [4.69, 9.17) is 11.6 Å². The molecule has 116 valence electrons. The van der Waals surface area contributed by atoms with Crippen LogP contribution in [0.15, 0.2) is 18.2 Å². The van der Waals surface area contributed by atoms with Crippen molar-refractivity contribution in [2.24, 2.45) is 5.92 Å². The number of halogens is 1. The van der Waals surface area contributed by atoms with Gasteiger partial charge in [-0.2, -0.15) is 0 Å². The summed E-state index contributed by atoms with van der Waals surface area (Å²) >= 11 is 6.42. The zero-order valence-corrected chi connectivity index (χ0v) is 13.7. The monoisotopic (exact) mass is 309 g/mol. The highest BCUT2D eigenvalue weighted by atomic mass is 35.5. The maximum absolute atomic E-state index is 11.8. The van der Waals surface area contributed by atoms with Crippen LogP contribution in [0.25, 0.3) is 0 Å². The topological polar surface area (TPSA) is 44.4 Å². The highest BCUT2D eigenvalue weighted by Gasteiger charge is 2.26. The van der Waals surface area contributed by atoms with Gasteiger partial charge in [0.15, 0.2) is 0 Å². The molecule has 0 saturated carbocycles. The Morgan fingerprint density at radius 1 is 1.48 bits per heavy atom. The molecular weight excluding hydrogens is 286 g/mol. The van der Waals surface area contributed by atoms with Gasteiger partial charge < -0.3 is 15.5 Å². The van der Waals surface area contributed by atoms with Gasteiger partial charge in [0, 0.05) is 19.6 Å². The number of hydrogen-bond acceptors (Lipinski definition) is 3. The quantitative estimate of drug-likeness (QED) is 0.878. The predicted octanol–water partition coefficient (Wildman–Crippen LogP) is 2.41. The molecule has 1 aliphatic heterocycles. The Balaban J connectivity index is 2.06. The molecule has 1 atom stereocenters. The molecule has 0 radical (unpaired) electrons. The molecule has 1 amide bonds. The van der Waals surface area contributed by atoms with E-state index in [2.05, 4.69) is 35.4 Å². The average Bonchev–Trinajstić information content (AvgIpc) is 2.42. The second kappa shape index (κ2) is 7.14. The van der Waals surface area contributed by atoms with Crippen molar-refractivity contribution in [3.8, 4) is 0 Å². The van der Waals surface area contributed by atoms with Crippen LogP contribution in [0.5, 0.6) is 0 Å². The summed E-state index contributed by atoms with van der Waals surface area (Å²) in [4.78, 5) is 13.8. The third kappa shape index (κ3) is 4.11. The minimum Gasteiger partial charge on any atom is -0.357 e. The van der Waals surface area contributed by atoms with Gasteiger partial charge in [-0.05, 0) is 37.1 Å². The molecule has 1 aromatic rings. The second-order valence-electron chi connectivity index (χ2n) is 5.97. The van der Waals surface area contributed by atoms with E-state index in [9.17, 15) is 4.79 Å². The second-order valence-corrected chi connectivity index (χ2v) is 6.38. The van der Waals surface area contributed by atoms with E-state index in [-0.39, 0.29) is 11.9 Å². The van der Waals surface area contributed by atoms with E-state index in [1.54, 1.807) is 0 Å². The molecule has 0 aliphatic carbocycles. The Labute approximate surface area is 131 Å². The lowest BCUT2D eigenvalue weighted by molar-refractivity contribution is -0.122. The summed E-state index contributed by atoms with van der Waals surface area (Å²) in [6, 6.07) is 5.90. The smallest absolute Gasteiger partial charge is 0.242 e. The lowest BCUT2D eigenvalue weighted by Crippen LogP contribution is -2.54. The summed E-state index contributed by atoms with van der Waals surface area (Å²) in [7, 11) is 0. The molecule has 5 heteroatoms. The van der Waals surface area contributed by atoms with Gasteiger partial charge in [0.1, 0.15) is 6.04 Å². The van der Waals surface area contributed by atoms with Crippen LogP contribution < -0.4 is 15.5 Å². The fourth-order valence-electron chi connectivity index (χ4n) is 2.51. The van der Waals surface area contributed by atoms with Crippen molar-refractivity contribution in [1.29, 1.82) is 0 Å². The number of hydrogen-bond donors (Lipinski definition) is 2.